The first kappa shape index (κ1) is 14.4. The SMILES string of the molecule is CC(CN1CCCCC1)NC(=O)c1n[nH]c(C2CC2)c1N. The highest BCUT2D eigenvalue weighted by molar-refractivity contribution is 5.97. The Morgan fingerprint density at radius 2 is 2.14 bits per heavy atom. The number of nitrogens with two attached hydrogens (primary N) is 1. The van der Waals surface area contributed by atoms with Gasteiger partial charge < -0.3 is 16.0 Å². The number of nitrogen functional groups attached to an aromatic ring is 1. The van der Waals surface area contributed by atoms with E-state index in [1.807, 2.05) is 6.92 Å². The second-order valence-corrected chi connectivity index (χ2v) is 6.41. The van der Waals surface area contributed by atoms with E-state index >= 15 is 0 Å². The van der Waals surface area contributed by atoms with Crippen LogP contribution in [0.15, 0.2) is 0 Å². The van der Waals surface area contributed by atoms with Gasteiger partial charge in [-0.25, -0.2) is 0 Å². The fourth-order valence-electron chi connectivity index (χ4n) is 3.09. The minimum Gasteiger partial charge on any atom is -0.395 e. The molecule has 2 fully saturated rings. The Balaban J connectivity index is 1.55. The van der Waals surface area contributed by atoms with Crippen molar-refractivity contribution in [1.82, 2.24) is 20.4 Å². The molecule has 1 unspecified atom stereocenters. The van der Waals surface area contributed by atoms with Crippen molar-refractivity contribution in [3.8, 4) is 0 Å². The standard InChI is InChI=1S/C15H25N5O/c1-10(9-20-7-3-2-4-8-20)17-15(21)14-12(16)13(18-19-14)11-5-6-11/h10-11H,2-9,16H2,1H3,(H,17,21)(H,18,19). The first-order valence-corrected chi connectivity index (χ1v) is 8.02. The van der Waals surface area contributed by atoms with Crippen LogP contribution in [0.4, 0.5) is 5.69 Å². The third kappa shape index (κ3) is 3.37. The summed E-state index contributed by atoms with van der Waals surface area (Å²) in [6.07, 6.45) is 6.12. The second kappa shape index (κ2) is 6.05. The number of carbonyl (C=O) groups excluding carboxylic acids is 1. The topological polar surface area (TPSA) is 87.0 Å². The number of anilines is 1. The molecular weight excluding hydrogens is 266 g/mol. The molecule has 0 aromatic carbocycles. The number of carbonyl (C=O) groups is 1. The fraction of sp³-hybridized carbons (Fsp3) is 0.733. The zero-order valence-electron chi connectivity index (χ0n) is 12.7. The van der Waals surface area contributed by atoms with E-state index < -0.39 is 0 Å². The third-order valence-electron chi connectivity index (χ3n) is 4.39. The van der Waals surface area contributed by atoms with Gasteiger partial charge in [0.2, 0.25) is 0 Å². The van der Waals surface area contributed by atoms with E-state index in [2.05, 4.69) is 20.4 Å². The number of nitrogens with one attached hydrogen (secondary N) is 2. The van der Waals surface area contributed by atoms with Crippen molar-refractivity contribution < 1.29 is 4.79 Å². The molecule has 2 heterocycles. The van der Waals surface area contributed by atoms with Gasteiger partial charge in [-0.3, -0.25) is 9.89 Å². The number of hydrogen-bond donors (Lipinski definition) is 3. The molecule has 0 bridgehead atoms. The zero-order valence-corrected chi connectivity index (χ0v) is 12.7. The van der Waals surface area contributed by atoms with Gasteiger partial charge in [0.15, 0.2) is 5.69 Å². The van der Waals surface area contributed by atoms with Gasteiger partial charge in [-0.1, -0.05) is 6.42 Å². The van der Waals surface area contributed by atoms with Crippen LogP contribution in [0.25, 0.3) is 0 Å². The summed E-state index contributed by atoms with van der Waals surface area (Å²) in [5.74, 6) is 0.310. The van der Waals surface area contributed by atoms with Gasteiger partial charge in [0.1, 0.15) is 0 Å². The zero-order chi connectivity index (χ0) is 14.8. The molecule has 3 rings (SSSR count). The Morgan fingerprint density at radius 1 is 1.43 bits per heavy atom. The molecule has 2 aliphatic rings. The molecule has 1 saturated heterocycles. The van der Waals surface area contributed by atoms with E-state index in [4.69, 9.17) is 5.73 Å². The average Bonchev–Trinajstić information content (AvgIpc) is 3.22. The summed E-state index contributed by atoms with van der Waals surface area (Å²) < 4.78 is 0. The minimum atomic E-state index is -0.167. The lowest BCUT2D eigenvalue weighted by Crippen LogP contribution is -2.43. The fourth-order valence-corrected chi connectivity index (χ4v) is 3.09. The van der Waals surface area contributed by atoms with Gasteiger partial charge in [-0.2, -0.15) is 5.10 Å². The highest BCUT2D eigenvalue weighted by atomic mass is 16.2. The maximum absolute atomic E-state index is 12.3. The van der Waals surface area contributed by atoms with E-state index in [1.54, 1.807) is 0 Å². The molecule has 6 heteroatoms. The number of hydrogen-bond acceptors (Lipinski definition) is 4. The smallest absolute Gasteiger partial charge is 0.274 e. The maximum atomic E-state index is 12.3. The Morgan fingerprint density at radius 3 is 2.81 bits per heavy atom. The maximum Gasteiger partial charge on any atom is 0.274 e. The van der Waals surface area contributed by atoms with E-state index in [9.17, 15) is 4.79 Å². The predicted octanol–water partition coefficient (Wildman–Crippen LogP) is 1.47. The lowest BCUT2D eigenvalue weighted by Gasteiger charge is -2.29. The number of nitrogens with zero attached hydrogens (tertiary/aromatic N) is 2. The molecule has 116 valence electrons. The van der Waals surface area contributed by atoms with Crippen LogP contribution < -0.4 is 11.1 Å². The van der Waals surface area contributed by atoms with E-state index in [0.717, 1.165) is 38.2 Å². The number of amides is 1. The van der Waals surface area contributed by atoms with Crippen LogP contribution >= 0.6 is 0 Å². The monoisotopic (exact) mass is 291 g/mol. The molecule has 0 spiro atoms. The van der Waals surface area contributed by atoms with Crippen LogP contribution in [-0.2, 0) is 0 Å². The minimum absolute atomic E-state index is 0.107. The van der Waals surface area contributed by atoms with Crippen molar-refractivity contribution in [3.63, 3.8) is 0 Å². The molecule has 1 aliphatic heterocycles. The Hall–Kier alpha value is -1.56. The van der Waals surface area contributed by atoms with Gasteiger partial charge in [-0.05, 0) is 45.7 Å². The first-order chi connectivity index (χ1) is 10.1. The highest BCUT2D eigenvalue weighted by Gasteiger charge is 2.30. The molecule has 1 aromatic rings. The quantitative estimate of drug-likeness (QED) is 0.766. The molecule has 1 amide bonds. The summed E-state index contributed by atoms with van der Waals surface area (Å²) in [5, 5.41) is 10.0. The molecule has 21 heavy (non-hydrogen) atoms. The molecule has 6 nitrogen and oxygen atoms in total. The van der Waals surface area contributed by atoms with Crippen molar-refractivity contribution in [2.24, 2.45) is 0 Å². The number of rotatable bonds is 5. The van der Waals surface area contributed by atoms with Crippen LogP contribution in [-0.4, -0.2) is 46.7 Å². The van der Waals surface area contributed by atoms with Gasteiger partial charge in [0, 0.05) is 18.5 Å². The van der Waals surface area contributed by atoms with Gasteiger partial charge >= 0.3 is 0 Å². The van der Waals surface area contributed by atoms with Crippen molar-refractivity contribution in [2.75, 3.05) is 25.4 Å². The normalized spacial score (nSPS) is 21.2. The number of H-pyrrole nitrogens is 1. The van der Waals surface area contributed by atoms with Crippen molar-refractivity contribution >= 4 is 11.6 Å². The van der Waals surface area contributed by atoms with Gasteiger partial charge in [0.05, 0.1) is 11.4 Å². The number of aromatic amines is 1. The number of piperidine rings is 1. The van der Waals surface area contributed by atoms with Gasteiger partial charge in [0.25, 0.3) is 5.91 Å². The molecule has 1 atom stereocenters. The molecule has 1 aromatic heterocycles. The van der Waals surface area contributed by atoms with Crippen LogP contribution in [0.2, 0.25) is 0 Å². The van der Waals surface area contributed by atoms with Crippen LogP contribution in [0.5, 0.6) is 0 Å². The highest BCUT2D eigenvalue weighted by Crippen LogP contribution is 2.42. The summed E-state index contributed by atoms with van der Waals surface area (Å²) in [5.41, 5.74) is 7.85. The Bertz CT molecular complexity index is 502. The molecular formula is C15H25N5O. The Labute approximate surface area is 125 Å². The molecule has 1 aliphatic carbocycles. The lowest BCUT2D eigenvalue weighted by atomic mass is 10.1. The Kier molecular flexibility index (Phi) is 4.14. The largest absolute Gasteiger partial charge is 0.395 e. The van der Waals surface area contributed by atoms with Crippen LogP contribution in [0, 0.1) is 0 Å². The third-order valence-corrected chi connectivity index (χ3v) is 4.39. The van der Waals surface area contributed by atoms with Crippen molar-refractivity contribution in [3.05, 3.63) is 11.4 Å². The first-order valence-electron chi connectivity index (χ1n) is 8.02. The summed E-state index contributed by atoms with van der Waals surface area (Å²) in [4.78, 5) is 14.7. The summed E-state index contributed by atoms with van der Waals surface area (Å²) in [6, 6.07) is 0.107. The summed E-state index contributed by atoms with van der Waals surface area (Å²) in [7, 11) is 0. The summed E-state index contributed by atoms with van der Waals surface area (Å²) >= 11 is 0. The predicted molar refractivity (Wildman–Crippen MR) is 82.2 cm³/mol. The van der Waals surface area contributed by atoms with E-state index in [-0.39, 0.29) is 11.9 Å². The van der Waals surface area contributed by atoms with Gasteiger partial charge in [-0.15, -0.1) is 0 Å². The lowest BCUT2D eigenvalue weighted by molar-refractivity contribution is 0.0921. The average molecular weight is 291 g/mol. The van der Waals surface area contributed by atoms with E-state index in [0.29, 0.717) is 17.3 Å². The number of likely N-dealkylation sites (tertiary alicyclic amines) is 1. The van der Waals surface area contributed by atoms with Crippen LogP contribution in [0.1, 0.15) is 61.1 Å². The van der Waals surface area contributed by atoms with Crippen molar-refractivity contribution in [2.45, 2.75) is 51.0 Å². The summed E-state index contributed by atoms with van der Waals surface area (Å²) in [6.45, 7) is 5.20. The molecule has 1 saturated carbocycles. The number of aromatic nitrogens is 2. The van der Waals surface area contributed by atoms with Crippen molar-refractivity contribution in [1.29, 1.82) is 0 Å². The molecule has 0 radical (unpaired) electrons. The van der Waals surface area contributed by atoms with Crippen LogP contribution in [0.3, 0.4) is 0 Å². The molecule has 4 N–H and O–H groups in total. The van der Waals surface area contributed by atoms with E-state index in [1.165, 1.54) is 19.3 Å². The second-order valence-electron chi connectivity index (χ2n) is 6.41.